The number of aromatic nitrogens is 2. The van der Waals surface area contributed by atoms with E-state index >= 15 is 0 Å². The van der Waals surface area contributed by atoms with Crippen molar-refractivity contribution in [1.29, 1.82) is 0 Å². The van der Waals surface area contributed by atoms with Crippen molar-refractivity contribution in [3.05, 3.63) is 66.2 Å². The van der Waals surface area contributed by atoms with Gasteiger partial charge in [0.1, 0.15) is 10.7 Å². The molecule has 0 aliphatic carbocycles. The highest BCUT2D eigenvalue weighted by atomic mass is 32.2. The topological polar surface area (TPSA) is 91.9 Å². The van der Waals surface area contributed by atoms with E-state index in [1.54, 1.807) is 24.4 Å². The molecule has 0 amide bonds. The monoisotopic (exact) mass is 359 g/mol. The lowest BCUT2D eigenvalue weighted by molar-refractivity contribution is 0.101. The highest BCUT2D eigenvalue weighted by molar-refractivity contribution is 7.92. The third kappa shape index (κ3) is 3.58. The van der Waals surface area contributed by atoms with E-state index in [0.717, 1.165) is 6.07 Å². The molecule has 0 bridgehead atoms. The Bertz CT molecular complexity index is 1030. The number of Topliss-reactive ketones (excluding diaryl/α,β-unsaturated/α-hetero) is 1. The van der Waals surface area contributed by atoms with E-state index in [1.165, 1.54) is 31.3 Å². The SMILES string of the molecule is CC(=O)c1ccc(NS(=O)(=O)c2c[nH]c(-c3ccccn3)c2)c(F)c1. The molecule has 0 atom stereocenters. The molecule has 0 saturated heterocycles. The number of carbonyl (C=O) groups excluding carboxylic acids is 1. The van der Waals surface area contributed by atoms with Crippen molar-refractivity contribution in [1.82, 2.24) is 9.97 Å². The number of ketones is 1. The van der Waals surface area contributed by atoms with Crippen molar-refractivity contribution in [3.8, 4) is 11.4 Å². The third-order valence-electron chi connectivity index (χ3n) is 3.53. The van der Waals surface area contributed by atoms with Gasteiger partial charge in [-0.05, 0) is 43.3 Å². The Balaban J connectivity index is 1.88. The first-order chi connectivity index (χ1) is 11.9. The summed E-state index contributed by atoms with van der Waals surface area (Å²) in [7, 11) is -3.99. The second-order valence-electron chi connectivity index (χ2n) is 5.32. The molecular weight excluding hydrogens is 345 g/mol. The lowest BCUT2D eigenvalue weighted by atomic mass is 10.1. The van der Waals surface area contributed by atoms with Crippen LogP contribution in [0.1, 0.15) is 17.3 Å². The highest BCUT2D eigenvalue weighted by Crippen LogP contribution is 2.23. The molecule has 0 unspecified atom stereocenters. The fourth-order valence-electron chi connectivity index (χ4n) is 2.22. The average molecular weight is 359 g/mol. The number of anilines is 1. The lowest BCUT2D eigenvalue weighted by Gasteiger charge is -2.08. The van der Waals surface area contributed by atoms with Crippen LogP contribution in [-0.4, -0.2) is 24.2 Å². The maximum Gasteiger partial charge on any atom is 0.263 e. The summed E-state index contributed by atoms with van der Waals surface area (Å²) < 4.78 is 41.1. The van der Waals surface area contributed by atoms with Crippen LogP contribution in [-0.2, 0) is 10.0 Å². The van der Waals surface area contributed by atoms with Crippen molar-refractivity contribution in [2.45, 2.75) is 11.8 Å². The summed E-state index contributed by atoms with van der Waals surface area (Å²) in [6, 6.07) is 10.2. The minimum Gasteiger partial charge on any atom is -0.359 e. The standard InChI is InChI=1S/C17H14FN3O3S/c1-11(22)12-5-6-15(14(18)8-12)21-25(23,24)13-9-17(20-10-13)16-4-2-3-7-19-16/h2-10,20-21H,1H3. The number of H-pyrrole nitrogens is 1. The number of nitrogens with one attached hydrogen (secondary N) is 2. The van der Waals surface area contributed by atoms with Crippen LogP contribution in [0.15, 0.2) is 59.8 Å². The van der Waals surface area contributed by atoms with E-state index in [4.69, 9.17) is 0 Å². The molecule has 25 heavy (non-hydrogen) atoms. The van der Waals surface area contributed by atoms with Gasteiger partial charge in [0.2, 0.25) is 0 Å². The first kappa shape index (κ1) is 16.8. The number of hydrogen-bond donors (Lipinski definition) is 2. The van der Waals surface area contributed by atoms with Gasteiger partial charge in [-0.25, -0.2) is 12.8 Å². The summed E-state index contributed by atoms with van der Waals surface area (Å²) in [6.07, 6.45) is 2.89. The van der Waals surface area contributed by atoms with Crippen molar-refractivity contribution in [2.75, 3.05) is 4.72 Å². The molecule has 2 aromatic heterocycles. The van der Waals surface area contributed by atoms with Crippen molar-refractivity contribution >= 4 is 21.5 Å². The summed E-state index contributed by atoms with van der Waals surface area (Å²) in [4.78, 5) is 18.1. The molecule has 0 fully saturated rings. The number of hydrogen-bond acceptors (Lipinski definition) is 4. The van der Waals surface area contributed by atoms with Crippen LogP contribution in [0.5, 0.6) is 0 Å². The van der Waals surface area contributed by atoms with Crippen LogP contribution in [0.3, 0.4) is 0 Å². The number of sulfonamides is 1. The summed E-state index contributed by atoms with van der Waals surface area (Å²) in [6.45, 7) is 1.30. The van der Waals surface area contributed by atoms with Crippen LogP contribution in [0.2, 0.25) is 0 Å². The second-order valence-corrected chi connectivity index (χ2v) is 7.00. The predicted molar refractivity (Wildman–Crippen MR) is 91.2 cm³/mol. The molecule has 3 aromatic rings. The Morgan fingerprint density at radius 1 is 1.20 bits per heavy atom. The molecule has 128 valence electrons. The number of carbonyl (C=O) groups is 1. The van der Waals surface area contributed by atoms with Gasteiger partial charge in [0.25, 0.3) is 10.0 Å². The minimum atomic E-state index is -3.99. The van der Waals surface area contributed by atoms with Gasteiger partial charge in [0, 0.05) is 18.0 Å². The van der Waals surface area contributed by atoms with Gasteiger partial charge in [-0.3, -0.25) is 14.5 Å². The van der Waals surface area contributed by atoms with Crippen LogP contribution in [0, 0.1) is 5.82 Å². The zero-order chi connectivity index (χ0) is 18.0. The molecule has 0 saturated carbocycles. The molecular formula is C17H14FN3O3S. The van der Waals surface area contributed by atoms with Gasteiger partial charge < -0.3 is 4.98 Å². The Hall–Kier alpha value is -3.00. The van der Waals surface area contributed by atoms with E-state index in [2.05, 4.69) is 14.7 Å². The summed E-state index contributed by atoms with van der Waals surface area (Å²) in [5.74, 6) is -1.13. The van der Waals surface area contributed by atoms with Gasteiger partial charge in [-0.1, -0.05) is 6.07 Å². The van der Waals surface area contributed by atoms with E-state index in [-0.39, 0.29) is 21.9 Å². The lowest BCUT2D eigenvalue weighted by Crippen LogP contribution is -2.13. The molecule has 0 radical (unpaired) electrons. The number of rotatable bonds is 5. The third-order valence-corrected chi connectivity index (χ3v) is 4.87. The Labute approximate surface area is 143 Å². The number of nitrogens with zero attached hydrogens (tertiary/aromatic N) is 1. The number of halogens is 1. The molecule has 0 aliphatic rings. The summed E-state index contributed by atoms with van der Waals surface area (Å²) in [5, 5.41) is 0. The Morgan fingerprint density at radius 3 is 2.64 bits per heavy atom. The van der Waals surface area contributed by atoms with Crippen LogP contribution in [0.25, 0.3) is 11.4 Å². The fourth-order valence-corrected chi connectivity index (χ4v) is 3.28. The van der Waals surface area contributed by atoms with E-state index in [1.807, 2.05) is 0 Å². The first-order valence-corrected chi connectivity index (χ1v) is 8.78. The number of benzene rings is 1. The molecule has 2 N–H and O–H groups in total. The predicted octanol–water partition coefficient (Wildman–Crippen LogP) is 3.22. The smallest absolute Gasteiger partial charge is 0.263 e. The minimum absolute atomic E-state index is 0.0526. The summed E-state index contributed by atoms with van der Waals surface area (Å²) >= 11 is 0. The van der Waals surface area contributed by atoms with Crippen LogP contribution < -0.4 is 4.72 Å². The maximum atomic E-state index is 14.0. The largest absolute Gasteiger partial charge is 0.359 e. The zero-order valence-corrected chi connectivity index (χ0v) is 14.0. The molecule has 0 aliphatic heterocycles. The number of pyridine rings is 1. The van der Waals surface area contributed by atoms with Crippen molar-refractivity contribution < 1.29 is 17.6 Å². The molecule has 3 rings (SSSR count). The van der Waals surface area contributed by atoms with Gasteiger partial charge in [0.05, 0.1) is 17.1 Å². The van der Waals surface area contributed by atoms with E-state index in [0.29, 0.717) is 11.4 Å². The van der Waals surface area contributed by atoms with Gasteiger partial charge in [0.15, 0.2) is 5.78 Å². The molecule has 1 aromatic carbocycles. The van der Waals surface area contributed by atoms with E-state index < -0.39 is 15.8 Å². The van der Waals surface area contributed by atoms with Gasteiger partial charge >= 0.3 is 0 Å². The van der Waals surface area contributed by atoms with Crippen molar-refractivity contribution in [3.63, 3.8) is 0 Å². The van der Waals surface area contributed by atoms with E-state index in [9.17, 15) is 17.6 Å². The molecule has 2 heterocycles. The Morgan fingerprint density at radius 2 is 2.00 bits per heavy atom. The molecule has 6 nitrogen and oxygen atoms in total. The van der Waals surface area contributed by atoms with Gasteiger partial charge in [-0.2, -0.15) is 0 Å². The van der Waals surface area contributed by atoms with Crippen molar-refractivity contribution in [2.24, 2.45) is 0 Å². The maximum absolute atomic E-state index is 14.0. The normalized spacial score (nSPS) is 11.3. The Kier molecular flexibility index (Phi) is 4.37. The van der Waals surface area contributed by atoms with Gasteiger partial charge in [-0.15, -0.1) is 0 Å². The van der Waals surface area contributed by atoms with Crippen LogP contribution in [0.4, 0.5) is 10.1 Å². The number of aromatic amines is 1. The second kappa shape index (κ2) is 6.48. The molecule has 8 heteroatoms. The average Bonchev–Trinajstić information content (AvgIpc) is 3.08. The fraction of sp³-hybridized carbons (Fsp3) is 0.0588. The molecule has 0 spiro atoms. The summed E-state index contributed by atoms with van der Waals surface area (Å²) in [5.41, 5.74) is 1.04. The zero-order valence-electron chi connectivity index (χ0n) is 13.2. The van der Waals surface area contributed by atoms with Crippen LogP contribution >= 0.6 is 0 Å². The first-order valence-electron chi connectivity index (χ1n) is 7.30. The highest BCUT2D eigenvalue weighted by Gasteiger charge is 2.19. The quantitative estimate of drug-likeness (QED) is 0.684.